The minimum Gasteiger partial charge on any atom is -0.445 e. The first-order valence-corrected chi connectivity index (χ1v) is 7.20. The molecule has 0 aliphatic rings. The summed E-state index contributed by atoms with van der Waals surface area (Å²) in [5.41, 5.74) is 1.35. The summed E-state index contributed by atoms with van der Waals surface area (Å²) >= 11 is 0. The van der Waals surface area contributed by atoms with Crippen molar-refractivity contribution in [3.05, 3.63) is 77.4 Å². The minimum atomic E-state index is -0.618. The fourth-order valence-corrected chi connectivity index (χ4v) is 1.92. The molecule has 2 rings (SSSR count). The summed E-state index contributed by atoms with van der Waals surface area (Å²) in [6, 6.07) is 12.7. The summed E-state index contributed by atoms with van der Waals surface area (Å²) in [6.07, 6.45) is 3.35. The highest BCUT2D eigenvalue weighted by Crippen LogP contribution is 2.09. The van der Waals surface area contributed by atoms with Crippen LogP contribution in [0, 0.1) is 11.6 Å². The van der Waals surface area contributed by atoms with Crippen molar-refractivity contribution >= 4 is 12.2 Å². The normalized spacial score (nSPS) is 10.7. The number of hydrogen-bond donors (Lipinski definition) is 1. The van der Waals surface area contributed by atoms with Crippen LogP contribution in [0.15, 0.2) is 54.6 Å². The Morgan fingerprint density at radius 3 is 2.48 bits per heavy atom. The van der Waals surface area contributed by atoms with E-state index < -0.39 is 17.7 Å². The molecule has 0 fully saturated rings. The largest absolute Gasteiger partial charge is 0.445 e. The van der Waals surface area contributed by atoms with Crippen molar-refractivity contribution in [2.45, 2.75) is 13.0 Å². The van der Waals surface area contributed by atoms with E-state index in [-0.39, 0.29) is 6.61 Å². The third kappa shape index (κ3) is 6.30. The molecule has 120 valence electrons. The summed E-state index contributed by atoms with van der Waals surface area (Å²) in [5.74, 6) is -1.24. The second kappa shape index (κ2) is 8.68. The van der Waals surface area contributed by atoms with Crippen molar-refractivity contribution < 1.29 is 18.3 Å². The van der Waals surface area contributed by atoms with Crippen LogP contribution in [0.4, 0.5) is 13.6 Å². The molecule has 0 saturated carbocycles. The summed E-state index contributed by atoms with van der Waals surface area (Å²) in [5, 5.41) is 2.60. The van der Waals surface area contributed by atoms with E-state index in [0.717, 1.165) is 11.6 Å². The molecule has 1 amide bonds. The average molecular weight is 317 g/mol. The lowest BCUT2D eigenvalue weighted by molar-refractivity contribution is 0.140. The molecule has 0 spiro atoms. The Morgan fingerprint density at radius 1 is 1.09 bits per heavy atom. The van der Waals surface area contributed by atoms with E-state index in [1.165, 1.54) is 12.1 Å². The Hall–Kier alpha value is -2.69. The molecular formula is C18H17F2NO2. The van der Waals surface area contributed by atoms with E-state index in [0.29, 0.717) is 18.5 Å². The van der Waals surface area contributed by atoms with Gasteiger partial charge in [-0.15, -0.1) is 0 Å². The zero-order chi connectivity index (χ0) is 16.5. The van der Waals surface area contributed by atoms with Gasteiger partial charge in [0, 0.05) is 12.6 Å². The quantitative estimate of drug-likeness (QED) is 0.807. The van der Waals surface area contributed by atoms with Crippen molar-refractivity contribution in [3.63, 3.8) is 0 Å². The number of carbonyl (C=O) groups excluding carboxylic acids is 1. The molecular weight excluding hydrogens is 300 g/mol. The number of amides is 1. The van der Waals surface area contributed by atoms with Gasteiger partial charge in [-0.2, -0.15) is 0 Å². The van der Waals surface area contributed by atoms with E-state index in [9.17, 15) is 13.6 Å². The first kappa shape index (κ1) is 16.7. The van der Waals surface area contributed by atoms with Crippen molar-refractivity contribution in [3.8, 4) is 0 Å². The SMILES string of the molecule is O=C(NCCC=Cc1cc(F)cc(F)c1)OCc1ccccc1. The van der Waals surface area contributed by atoms with Crippen LogP contribution >= 0.6 is 0 Å². The summed E-state index contributed by atoms with van der Waals surface area (Å²) in [6.45, 7) is 0.590. The molecule has 0 aromatic heterocycles. The number of carbonyl (C=O) groups is 1. The van der Waals surface area contributed by atoms with Gasteiger partial charge in [0.2, 0.25) is 0 Å². The van der Waals surface area contributed by atoms with E-state index in [1.54, 1.807) is 12.2 Å². The van der Waals surface area contributed by atoms with Crippen LogP contribution in [-0.4, -0.2) is 12.6 Å². The number of nitrogens with one attached hydrogen (secondary N) is 1. The topological polar surface area (TPSA) is 38.3 Å². The fraction of sp³-hybridized carbons (Fsp3) is 0.167. The molecule has 1 N–H and O–H groups in total. The Kier molecular flexibility index (Phi) is 6.29. The Labute approximate surface area is 133 Å². The lowest BCUT2D eigenvalue weighted by Gasteiger charge is -2.05. The Morgan fingerprint density at radius 2 is 1.78 bits per heavy atom. The molecule has 2 aromatic carbocycles. The maximum Gasteiger partial charge on any atom is 0.407 e. The molecule has 0 atom stereocenters. The predicted molar refractivity (Wildman–Crippen MR) is 84.6 cm³/mol. The summed E-state index contributed by atoms with van der Waals surface area (Å²) in [4.78, 5) is 11.5. The van der Waals surface area contributed by atoms with Gasteiger partial charge >= 0.3 is 6.09 Å². The van der Waals surface area contributed by atoms with E-state index in [2.05, 4.69) is 5.32 Å². The maximum atomic E-state index is 13.0. The third-order valence-electron chi connectivity index (χ3n) is 2.99. The van der Waals surface area contributed by atoms with Gasteiger partial charge in [-0.05, 0) is 29.7 Å². The van der Waals surface area contributed by atoms with E-state index in [1.807, 2.05) is 30.3 Å². The van der Waals surface area contributed by atoms with Crippen molar-refractivity contribution in [1.29, 1.82) is 0 Å². The van der Waals surface area contributed by atoms with Gasteiger partial charge in [-0.3, -0.25) is 0 Å². The molecule has 0 bridgehead atoms. The molecule has 0 radical (unpaired) electrons. The van der Waals surface area contributed by atoms with Gasteiger partial charge in [0.25, 0.3) is 0 Å². The zero-order valence-electron chi connectivity index (χ0n) is 12.5. The van der Waals surface area contributed by atoms with Gasteiger partial charge in [-0.25, -0.2) is 13.6 Å². The molecule has 0 heterocycles. The van der Waals surface area contributed by atoms with Crippen LogP contribution in [0.25, 0.3) is 6.08 Å². The number of halogens is 2. The molecule has 0 aliphatic heterocycles. The summed E-state index contributed by atoms with van der Waals surface area (Å²) < 4.78 is 31.0. The number of alkyl carbamates (subject to hydrolysis) is 1. The minimum absolute atomic E-state index is 0.213. The third-order valence-corrected chi connectivity index (χ3v) is 2.99. The maximum absolute atomic E-state index is 13.0. The molecule has 0 aliphatic carbocycles. The lowest BCUT2D eigenvalue weighted by Crippen LogP contribution is -2.24. The molecule has 0 unspecified atom stereocenters. The van der Waals surface area contributed by atoms with Crippen LogP contribution in [0.5, 0.6) is 0 Å². The van der Waals surface area contributed by atoms with Crippen molar-refractivity contribution in [2.75, 3.05) is 6.54 Å². The van der Waals surface area contributed by atoms with Crippen LogP contribution in [0.1, 0.15) is 17.5 Å². The number of rotatable bonds is 6. The molecule has 2 aromatic rings. The number of ether oxygens (including phenoxy) is 1. The van der Waals surface area contributed by atoms with Gasteiger partial charge in [0.05, 0.1) is 0 Å². The van der Waals surface area contributed by atoms with Crippen LogP contribution in [0.2, 0.25) is 0 Å². The van der Waals surface area contributed by atoms with Crippen LogP contribution in [0.3, 0.4) is 0 Å². The monoisotopic (exact) mass is 317 g/mol. The molecule has 23 heavy (non-hydrogen) atoms. The number of hydrogen-bond acceptors (Lipinski definition) is 2. The second-order valence-corrected chi connectivity index (χ2v) is 4.88. The lowest BCUT2D eigenvalue weighted by atomic mass is 10.2. The van der Waals surface area contributed by atoms with Crippen molar-refractivity contribution in [1.82, 2.24) is 5.32 Å². The molecule has 0 saturated heterocycles. The van der Waals surface area contributed by atoms with Crippen molar-refractivity contribution in [2.24, 2.45) is 0 Å². The smallest absolute Gasteiger partial charge is 0.407 e. The average Bonchev–Trinajstić information content (AvgIpc) is 2.53. The van der Waals surface area contributed by atoms with Crippen LogP contribution < -0.4 is 5.32 Å². The first-order chi connectivity index (χ1) is 11.1. The summed E-state index contributed by atoms with van der Waals surface area (Å²) in [7, 11) is 0. The van der Waals surface area contributed by atoms with Gasteiger partial charge in [-0.1, -0.05) is 42.5 Å². The Bertz CT molecular complexity index is 652. The van der Waals surface area contributed by atoms with Gasteiger partial charge in [0.1, 0.15) is 18.2 Å². The van der Waals surface area contributed by atoms with Gasteiger partial charge in [0.15, 0.2) is 0 Å². The fourth-order valence-electron chi connectivity index (χ4n) is 1.92. The highest BCUT2D eigenvalue weighted by Gasteiger charge is 2.01. The first-order valence-electron chi connectivity index (χ1n) is 7.20. The predicted octanol–water partition coefficient (Wildman–Crippen LogP) is 4.29. The number of benzene rings is 2. The van der Waals surface area contributed by atoms with E-state index >= 15 is 0 Å². The standard InChI is InChI=1S/C18H17F2NO2/c19-16-10-15(11-17(20)12-16)8-4-5-9-21-18(22)23-13-14-6-2-1-3-7-14/h1-4,6-8,10-12H,5,9,13H2,(H,21,22). The van der Waals surface area contributed by atoms with E-state index in [4.69, 9.17) is 4.74 Å². The highest BCUT2D eigenvalue weighted by molar-refractivity contribution is 5.67. The second-order valence-electron chi connectivity index (χ2n) is 4.88. The zero-order valence-corrected chi connectivity index (χ0v) is 12.5. The molecule has 5 heteroatoms. The van der Waals surface area contributed by atoms with Crippen LogP contribution in [-0.2, 0) is 11.3 Å². The Balaban J connectivity index is 1.66. The molecule has 3 nitrogen and oxygen atoms in total. The van der Waals surface area contributed by atoms with Gasteiger partial charge < -0.3 is 10.1 Å². The highest BCUT2D eigenvalue weighted by atomic mass is 19.1.